The number of nitrogens with zero attached hydrogens (tertiary/aromatic N) is 1. The molecule has 0 unspecified atom stereocenters. The van der Waals surface area contributed by atoms with Crippen LogP contribution in [0, 0.1) is 0 Å². The van der Waals surface area contributed by atoms with Crippen LogP contribution >= 0.6 is 11.8 Å². The first kappa shape index (κ1) is 15.3. The van der Waals surface area contributed by atoms with Crippen LogP contribution in [-0.4, -0.2) is 43.6 Å². The normalized spacial score (nSPS) is 10.8. The second kappa shape index (κ2) is 11.8. The van der Waals surface area contributed by atoms with E-state index in [9.17, 15) is 0 Å². The lowest BCUT2D eigenvalue weighted by molar-refractivity contribution is 0.376. The molecule has 0 aliphatic heterocycles. The third kappa shape index (κ3) is 11.8. The summed E-state index contributed by atoms with van der Waals surface area (Å²) in [5, 5.41) is 13.5. The summed E-state index contributed by atoms with van der Waals surface area (Å²) in [6, 6.07) is 0. The molecule has 0 saturated carbocycles. The molecule has 0 bridgehead atoms. The fourth-order valence-electron chi connectivity index (χ4n) is 0.654. The van der Waals surface area contributed by atoms with Crippen LogP contribution in [0.15, 0.2) is 11.1 Å². The lowest BCUT2D eigenvalue weighted by Crippen LogP contribution is -2.21. The molecule has 0 radical (unpaired) electrons. The average molecular weight is 206 g/mol. The summed E-state index contributed by atoms with van der Waals surface area (Å²) in [4.78, 5) is 2.07. The quantitative estimate of drug-likeness (QED) is 0.665. The van der Waals surface area contributed by atoms with Crippen molar-refractivity contribution < 1.29 is 5.11 Å². The van der Waals surface area contributed by atoms with Crippen molar-refractivity contribution in [1.29, 1.82) is 0 Å². The minimum absolute atomic E-state index is 0.138. The molecule has 80 valence electrons. The smallest absolute Gasteiger partial charge is 0.0926 e. The van der Waals surface area contributed by atoms with Gasteiger partial charge in [-0.1, -0.05) is 13.8 Å². The van der Waals surface area contributed by atoms with Crippen molar-refractivity contribution in [3.8, 4) is 0 Å². The zero-order chi connectivity index (χ0) is 10.7. The Balaban J connectivity index is 0. The van der Waals surface area contributed by atoms with E-state index in [1.54, 1.807) is 0 Å². The van der Waals surface area contributed by atoms with Gasteiger partial charge in [-0.15, -0.1) is 11.8 Å². The lowest BCUT2D eigenvalue weighted by Gasteiger charge is -2.12. The molecule has 0 amide bonds. The van der Waals surface area contributed by atoms with E-state index in [2.05, 4.69) is 10.2 Å². The van der Waals surface area contributed by atoms with Crippen LogP contribution in [0.3, 0.4) is 0 Å². The molecule has 0 aromatic rings. The standard InChI is InChI=1S/C7H16N2OS.C2H6/c1-8-7(4-9(2)3)5-11-6-10;1-2/h5,8,10H,4,6H2,1-3H3;1-2H3/b7-5-;. The van der Waals surface area contributed by atoms with Gasteiger partial charge in [0.15, 0.2) is 0 Å². The van der Waals surface area contributed by atoms with E-state index in [-0.39, 0.29) is 5.94 Å². The maximum atomic E-state index is 8.52. The molecule has 0 aromatic carbocycles. The Morgan fingerprint density at radius 2 is 2.00 bits per heavy atom. The average Bonchev–Trinajstić information content (AvgIpc) is 2.15. The third-order valence-electron chi connectivity index (χ3n) is 1.11. The van der Waals surface area contributed by atoms with E-state index in [1.807, 2.05) is 40.4 Å². The molecular weight excluding hydrogens is 184 g/mol. The van der Waals surface area contributed by atoms with Crippen molar-refractivity contribution in [2.24, 2.45) is 0 Å². The Labute approximate surface area is 86.2 Å². The second-order valence-corrected chi connectivity index (χ2v) is 3.25. The minimum Gasteiger partial charge on any atom is -0.390 e. The monoisotopic (exact) mass is 206 g/mol. The van der Waals surface area contributed by atoms with Gasteiger partial charge in [0, 0.05) is 19.3 Å². The maximum Gasteiger partial charge on any atom is 0.0926 e. The number of hydrogen-bond acceptors (Lipinski definition) is 4. The Morgan fingerprint density at radius 1 is 1.46 bits per heavy atom. The molecule has 0 rings (SSSR count). The van der Waals surface area contributed by atoms with Gasteiger partial charge in [0.05, 0.1) is 5.94 Å². The summed E-state index contributed by atoms with van der Waals surface area (Å²) in [6.45, 7) is 4.88. The summed E-state index contributed by atoms with van der Waals surface area (Å²) in [5.74, 6) is 0.138. The van der Waals surface area contributed by atoms with Gasteiger partial charge < -0.3 is 15.3 Å². The number of likely N-dealkylation sites (N-methyl/N-ethyl adjacent to an activating group) is 2. The summed E-state index contributed by atoms with van der Waals surface area (Å²) < 4.78 is 0. The highest BCUT2D eigenvalue weighted by Gasteiger charge is 1.94. The Bertz CT molecular complexity index is 127. The van der Waals surface area contributed by atoms with Crippen molar-refractivity contribution in [2.75, 3.05) is 33.6 Å². The van der Waals surface area contributed by atoms with E-state index in [0.717, 1.165) is 12.2 Å². The number of aliphatic hydroxyl groups is 1. The summed E-state index contributed by atoms with van der Waals surface area (Å²) in [5.41, 5.74) is 1.12. The van der Waals surface area contributed by atoms with Gasteiger partial charge in [0.25, 0.3) is 0 Å². The zero-order valence-corrected chi connectivity index (χ0v) is 10.1. The molecule has 2 N–H and O–H groups in total. The van der Waals surface area contributed by atoms with E-state index in [4.69, 9.17) is 5.11 Å². The van der Waals surface area contributed by atoms with E-state index < -0.39 is 0 Å². The first-order chi connectivity index (χ1) is 6.20. The van der Waals surface area contributed by atoms with Crippen molar-refractivity contribution in [3.05, 3.63) is 11.1 Å². The van der Waals surface area contributed by atoms with Crippen molar-refractivity contribution >= 4 is 11.8 Å². The summed E-state index contributed by atoms with van der Waals surface area (Å²) in [7, 11) is 5.90. The molecule has 3 nitrogen and oxygen atoms in total. The molecule has 0 aliphatic rings. The Hall–Kier alpha value is -0.190. The highest BCUT2D eigenvalue weighted by Crippen LogP contribution is 2.03. The van der Waals surface area contributed by atoms with Gasteiger partial charge in [-0.25, -0.2) is 0 Å². The number of aliphatic hydroxyl groups excluding tert-OH is 1. The molecule has 13 heavy (non-hydrogen) atoms. The van der Waals surface area contributed by atoms with E-state index in [0.29, 0.717) is 0 Å². The lowest BCUT2D eigenvalue weighted by atomic mass is 10.4. The van der Waals surface area contributed by atoms with E-state index in [1.165, 1.54) is 11.8 Å². The van der Waals surface area contributed by atoms with Crippen molar-refractivity contribution in [2.45, 2.75) is 13.8 Å². The van der Waals surface area contributed by atoms with Crippen LogP contribution in [0.4, 0.5) is 0 Å². The van der Waals surface area contributed by atoms with Crippen LogP contribution in [0.2, 0.25) is 0 Å². The Morgan fingerprint density at radius 3 is 2.31 bits per heavy atom. The predicted molar refractivity (Wildman–Crippen MR) is 61.7 cm³/mol. The summed E-state index contributed by atoms with van der Waals surface area (Å²) >= 11 is 1.39. The molecule has 0 aliphatic carbocycles. The molecule has 0 fully saturated rings. The molecule has 0 aromatic heterocycles. The van der Waals surface area contributed by atoms with Crippen LogP contribution in [-0.2, 0) is 0 Å². The van der Waals surface area contributed by atoms with Crippen LogP contribution < -0.4 is 5.32 Å². The van der Waals surface area contributed by atoms with Gasteiger partial charge in [0.1, 0.15) is 0 Å². The number of nitrogens with one attached hydrogen (secondary N) is 1. The predicted octanol–water partition coefficient (Wildman–Crippen LogP) is 1.32. The van der Waals surface area contributed by atoms with Gasteiger partial charge in [-0.2, -0.15) is 0 Å². The van der Waals surface area contributed by atoms with Crippen LogP contribution in [0.1, 0.15) is 13.8 Å². The minimum atomic E-state index is 0.138. The first-order valence-corrected chi connectivity index (χ1v) is 5.49. The van der Waals surface area contributed by atoms with Gasteiger partial charge in [0.2, 0.25) is 0 Å². The molecule has 4 heteroatoms. The van der Waals surface area contributed by atoms with E-state index >= 15 is 0 Å². The number of hydrogen-bond donors (Lipinski definition) is 2. The van der Waals surface area contributed by atoms with Crippen LogP contribution in [0.25, 0.3) is 0 Å². The van der Waals surface area contributed by atoms with Gasteiger partial charge in [-0.3, -0.25) is 0 Å². The van der Waals surface area contributed by atoms with Gasteiger partial charge in [-0.05, 0) is 19.5 Å². The topological polar surface area (TPSA) is 35.5 Å². The molecule has 0 atom stereocenters. The number of rotatable bonds is 5. The highest BCUT2D eigenvalue weighted by atomic mass is 32.2. The fraction of sp³-hybridized carbons (Fsp3) is 0.778. The largest absolute Gasteiger partial charge is 0.390 e. The van der Waals surface area contributed by atoms with Crippen molar-refractivity contribution in [1.82, 2.24) is 10.2 Å². The third-order valence-corrected chi connectivity index (χ3v) is 1.71. The van der Waals surface area contributed by atoms with Crippen molar-refractivity contribution in [3.63, 3.8) is 0 Å². The second-order valence-electron chi connectivity index (χ2n) is 2.43. The van der Waals surface area contributed by atoms with Gasteiger partial charge >= 0.3 is 0 Å². The zero-order valence-electron chi connectivity index (χ0n) is 9.29. The Kier molecular flexibility index (Phi) is 13.9. The SMILES string of the molecule is CC.CN/C(=C\SCO)CN(C)C. The maximum absolute atomic E-state index is 8.52. The number of thioether (sulfide) groups is 1. The highest BCUT2D eigenvalue weighted by molar-refractivity contribution is 8.01. The molecule has 0 saturated heterocycles. The van der Waals surface area contributed by atoms with Crippen LogP contribution in [0.5, 0.6) is 0 Å². The molecular formula is C9H22N2OS. The first-order valence-electron chi connectivity index (χ1n) is 4.44. The molecule has 0 heterocycles. The summed E-state index contributed by atoms with van der Waals surface area (Å²) in [6.07, 6.45) is 0. The fourth-order valence-corrected chi connectivity index (χ4v) is 1.12. The molecule has 0 spiro atoms.